The zero-order chi connectivity index (χ0) is 19.9. The lowest BCUT2D eigenvalue weighted by Gasteiger charge is -2.13. The quantitative estimate of drug-likeness (QED) is 0.488. The number of amides is 1. The Bertz CT molecular complexity index is 1020. The highest BCUT2D eigenvalue weighted by molar-refractivity contribution is 9.13. The summed E-state index contributed by atoms with van der Waals surface area (Å²) in [6.07, 6.45) is 1.68. The zero-order valence-electron chi connectivity index (χ0n) is 14.1. The number of hydrogen-bond donors (Lipinski definition) is 1. The van der Waals surface area contributed by atoms with E-state index in [-0.39, 0.29) is 17.4 Å². The van der Waals surface area contributed by atoms with Crippen LogP contribution in [-0.2, 0) is 4.79 Å². The number of rotatable bonds is 3. The molecule has 1 aliphatic heterocycles. The molecular formula is C18H12Br2Cl2N2O3. The van der Waals surface area contributed by atoms with Crippen LogP contribution in [0.15, 0.2) is 43.9 Å². The van der Waals surface area contributed by atoms with Crippen LogP contribution < -0.4 is 9.75 Å². The van der Waals surface area contributed by atoms with Crippen molar-refractivity contribution < 1.29 is 14.6 Å². The maximum Gasteiger partial charge on any atom is 0.280 e. The number of hydrazone groups is 1. The Balaban J connectivity index is 2.04. The summed E-state index contributed by atoms with van der Waals surface area (Å²) >= 11 is 18.7. The van der Waals surface area contributed by atoms with Crippen molar-refractivity contribution in [2.45, 2.75) is 6.92 Å². The molecule has 0 radical (unpaired) electrons. The molecule has 1 aliphatic rings. The van der Waals surface area contributed by atoms with E-state index in [2.05, 4.69) is 37.0 Å². The van der Waals surface area contributed by atoms with Crippen molar-refractivity contribution in [3.63, 3.8) is 0 Å². The third-order valence-corrected chi connectivity index (χ3v) is 6.80. The number of benzene rings is 2. The van der Waals surface area contributed by atoms with Gasteiger partial charge in [0.05, 0.1) is 38.6 Å². The first-order valence-corrected chi connectivity index (χ1v) is 9.90. The fourth-order valence-electron chi connectivity index (χ4n) is 2.50. The second-order valence-corrected chi connectivity index (χ2v) is 8.00. The average Bonchev–Trinajstić information content (AvgIpc) is 2.92. The maximum absolute atomic E-state index is 12.9. The molecule has 1 amide bonds. The Morgan fingerprint density at radius 1 is 1.19 bits per heavy atom. The SMILES string of the molecule is COc1cc(C=C2C(=O)N(c3ccc(Cl)c(Cl)c3)N=C2C)c(Br)c(Br)c1O. The molecule has 1 N–H and O–H groups in total. The summed E-state index contributed by atoms with van der Waals surface area (Å²) in [5.41, 5.74) is 2.11. The van der Waals surface area contributed by atoms with E-state index in [1.807, 2.05) is 0 Å². The molecule has 0 aliphatic carbocycles. The minimum Gasteiger partial charge on any atom is -0.503 e. The van der Waals surface area contributed by atoms with Crippen LogP contribution in [0.5, 0.6) is 11.5 Å². The van der Waals surface area contributed by atoms with Crippen LogP contribution in [0, 0.1) is 0 Å². The number of phenolic OH excluding ortho intramolecular Hbond substituents is 1. The predicted octanol–water partition coefficient (Wildman–Crippen LogP) is 6.04. The molecule has 3 rings (SSSR count). The van der Waals surface area contributed by atoms with Gasteiger partial charge in [0, 0.05) is 4.47 Å². The highest BCUT2D eigenvalue weighted by Crippen LogP contribution is 2.42. The van der Waals surface area contributed by atoms with Gasteiger partial charge in [-0.25, -0.2) is 0 Å². The number of nitrogens with zero attached hydrogens (tertiary/aromatic N) is 2. The number of hydrogen-bond acceptors (Lipinski definition) is 4. The monoisotopic (exact) mass is 532 g/mol. The lowest BCUT2D eigenvalue weighted by atomic mass is 10.1. The molecule has 0 unspecified atom stereocenters. The lowest BCUT2D eigenvalue weighted by Crippen LogP contribution is -2.21. The molecule has 0 bridgehead atoms. The molecule has 5 nitrogen and oxygen atoms in total. The second-order valence-electron chi connectivity index (χ2n) is 5.60. The number of carbonyl (C=O) groups excluding carboxylic acids is 1. The number of halogens is 4. The summed E-state index contributed by atoms with van der Waals surface area (Å²) < 4.78 is 6.18. The van der Waals surface area contributed by atoms with Crippen molar-refractivity contribution in [3.8, 4) is 11.5 Å². The van der Waals surface area contributed by atoms with Gasteiger partial charge in [-0.15, -0.1) is 0 Å². The third-order valence-electron chi connectivity index (χ3n) is 3.90. The number of carbonyl (C=O) groups is 1. The fraction of sp³-hybridized carbons (Fsp3) is 0.111. The van der Waals surface area contributed by atoms with Gasteiger partial charge in [-0.2, -0.15) is 10.1 Å². The minimum atomic E-state index is -0.305. The zero-order valence-corrected chi connectivity index (χ0v) is 18.7. The van der Waals surface area contributed by atoms with Gasteiger partial charge in [0.1, 0.15) is 0 Å². The van der Waals surface area contributed by atoms with Crippen molar-refractivity contribution in [1.82, 2.24) is 0 Å². The van der Waals surface area contributed by atoms with Gasteiger partial charge in [-0.3, -0.25) is 4.79 Å². The Hall–Kier alpha value is -1.54. The molecule has 0 saturated heterocycles. The summed E-state index contributed by atoms with van der Waals surface area (Å²) in [4.78, 5) is 12.9. The smallest absolute Gasteiger partial charge is 0.280 e. The van der Waals surface area contributed by atoms with Crippen molar-refractivity contribution in [2.75, 3.05) is 12.1 Å². The summed E-state index contributed by atoms with van der Waals surface area (Å²) in [5, 5.41) is 16.4. The Morgan fingerprint density at radius 2 is 1.89 bits per heavy atom. The molecule has 0 atom stereocenters. The number of methoxy groups -OCH3 is 1. The largest absolute Gasteiger partial charge is 0.503 e. The maximum atomic E-state index is 12.9. The molecule has 9 heteroatoms. The Morgan fingerprint density at radius 3 is 2.52 bits per heavy atom. The van der Waals surface area contributed by atoms with Crippen molar-refractivity contribution >= 4 is 78.4 Å². The minimum absolute atomic E-state index is 0.0351. The fourth-order valence-corrected chi connectivity index (χ4v) is 3.64. The first-order chi connectivity index (χ1) is 12.7. The van der Waals surface area contributed by atoms with E-state index in [0.717, 1.165) is 0 Å². The molecule has 0 saturated carbocycles. The van der Waals surface area contributed by atoms with E-state index in [4.69, 9.17) is 27.9 Å². The average molecular weight is 535 g/mol. The number of aromatic hydroxyl groups is 1. The lowest BCUT2D eigenvalue weighted by molar-refractivity contribution is -0.114. The molecule has 27 heavy (non-hydrogen) atoms. The Labute approximate surface area is 182 Å². The molecule has 2 aromatic rings. The van der Waals surface area contributed by atoms with Crippen molar-refractivity contribution in [2.24, 2.45) is 5.10 Å². The van der Waals surface area contributed by atoms with Gasteiger partial charge in [0.25, 0.3) is 5.91 Å². The number of anilines is 1. The van der Waals surface area contributed by atoms with Crippen molar-refractivity contribution in [1.29, 1.82) is 0 Å². The van der Waals surface area contributed by atoms with E-state index in [9.17, 15) is 9.90 Å². The Kier molecular flexibility index (Phi) is 5.86. The summed E-state index contributed by atoms with van der Waals surface area (Å²) in [5.74, 6) is -0.0636. The predicted molar refractivity (Wildman–Crippen MR) is 115 cm³/mol. The van der Waals surface area contributed by atoms with Gasteiger partial charge in [-0.1, -0.05) is 23.2 Å². The van der Waals surface area contributed by atoms with E-state index in [1.165, 1.54) is 12.1 Å². The van der Waals surface area contributed by atoms with Crippen LogP contribution in [0.3, 0.4) is 0 Å². The molecule has 2 aromatic carbocycles. The van der Waals surface area contributed by atoms with Crippen molar-refractivity contribution in [3.05, 3.63) is 54.4 Å². The topological polar surface area (TPSA) is 62.1 Å². The molecule has 1 heterocycles. The van der Waals surface area contributed by atoms with Gasteiger partial charge in [0.2, 0.25) is 0 Å². The van der Waals surface area contributed by atoms with E-state index in [0.29, 0.717) is 41.5 Å². The highest BCUT2D eigenvalue weighted by Gasteiger charge is 2.29. The second kappa shape index (κ2) is 7.83. The number of phenols is 1. The van der Waals surface area contributed by atoms with Crippen LogP contribution in [0.1, 0.15) is 12.5 Å². The molecule has 0 aromatic heterocycles. The molecule has 0 fully saturated rings. The van der Waals surface area contributed by atoms with Crippen LogP contribution in [-0.4, -0.2) is 23.8 Å². The van der Waals surface area contributed by atoms with Crippen LogP contribution in [0.4, 0.5) is 5.69 Å². The standard InChI is InChI=1S/C18H12Br2Cl2N2O3/c1-8-11(5-9-6-14(27-2)17(25)16(20)15(9)19)18(26)24(23-8)10-3-4-12(21)13(22)7-10/h3-7,25H,1-2H3. The summed E-state index contributed by atoms with van der Waals surface area (Å²) in [6, 6.07) is 6.48. The molecule has 140 valence electrons. The van der Waals surface area contributed by atoms with Gasteiger partial charge >= 0.3 is 0 Å². The van der Waals surface area contributed by atoms with Crippen LogP contribution in [0.25, 0.3) is 6.08 Å². The summed E-state index contributed by atoms with van der Waals surface area (Å²) in [7, 11) is 1.45. The normalized spacial score (nSPS) is 15.5. The molecule has 0 spiro atoms. The summed E-state index contributed by atoms with van der Waals surface area (Å²) in [6.45, 7) is 1.74. The first kappa shape index (κ1) is 20.2. The van der Waals surface area contributed by atoms with E-state index >= 15 is 0 Å². The highest BCUT2D eigenvalue weighted by atomic mass is 79.9. The van der Waals surface area contributed by atoms with Gasteiger partial charge < -0.3 is 9.84 Å². The number of ether oxygens (including phenoxy) is 1. The third kappa shape index (κ3) is 3.74. The first-order valence-electron chi connectivity index (χ1n) is 7.56. The van der Waals surface area contributed by atoms with E-state index in [1.54, 1.807) is 37.3 Å². The van der Waals surface area contributed by atoms with Gasteiger partial charge in [0.15, 0.2) is 11.5 Å². The van der Waals surface area contributed by atoms with Crippen LogP contribution >= 0.6 is 55.1 Å². The molecular weight excluding hydrogens is 523 g/mol. The van der Waals surface area contributed by atoms with E-state index < -0.39 is 0 Å². The van der Waals surface area contributed by atoms with Gasteiger partial charge in [-0.05, 0) is 74.7 Å². The van der Waals surface area contributed by atoms with Crippen LogP contribution in [0.2, 0.25) is 10.0 Å².